The van der Waals surface area contributed by atoms with E-state index < -0.39 is 11.6 Å². The molecule has 1 aliphatic rings. The van der Waals surface area contributed by atoms with Gasteiger partial charge < -0.3 is 14.2 Å². The number of aryl methyl sites for hydroxylation is 1. The third-order valence-electron chi connectivity index (χ3n) is 5.19. The molecule has 5 heteroatoms. The molecule has 1 saturated heterocycles. The lowest BCUT2D eigenvalue weighted by Gasteiger charge is -2.29. The topological polar surface area (TPSA) is 27.7 Å². The third-order valence-corrected chi connectivity index (χ3v) is 5.19. The fourth-order valence-corrected chi connectivity index (χ4v) is 3.50. The molecule has 0 N–H and O–H groups in total. The van der Waals surface area contributed by atoms with Gasteiger partial charge in [0, 0.05) is 5.92 Å². The lowest BCUT2D eigenvalue weighted by atomic mass is 9.90. The summed E-state index contributed by atoms with van der Waals surface area (Å²) in [6.07, 6.45) is 5.56. The van der Waals surface area contributed by atoms with Crippen LogP contribution in [0.4, 0.5) is 8.78 Å². The summed E-state index contributed by atoms with van der Waals surface area (Å²) >= 11 is 0. The Bertz CT molecular complexity index is 797. The van der Waals surface area contributed by atoms with Crippen LogP contribution in [0.15, 0.2) is 49.1 Å². The zero-order valence-electron chi connectivity index (χ0n) is 16.8. The number of rotatable bonds is 9. The molecule has 0 aliphatic carbocycles. The molecule has 0 spiro atoms. The summed E-state index contributed by atoms with van der Waals surface area (Å²) in [6, 6.07) is 11.4. The van der Waals surface area contributed by atoms with Gasteiger partial charge in [0.15, 0.2) is 11.5 Å². The Kier molecular flexibility index (Phi) is 7.64. The van der Waals surface area contributed by atoms with Crippen molar-refractivity contribution >= 4 is 0 Å². The van der Waals surface area contributed by atoms with Gasteiger partial charge in [-0.3, -0.25) is 0 Å². The van der Waals surface area contributed by atoms with Crippen molar-refractivity contribution in [3.63, 3.8) is 0 Å². The van der Waals surface area contributed by atoms with E-state index >= 15 is 0 Å². The van der Waals surface area contributed by atoms with Crippen molar-refractivity contribution in [2.75, 3.05) is 19.8 Å². The Balaban J connectivity index is 1.49. The minimum absolute atomic E-state index is 0.107. The second-order valence-corrected chi connectivity index (χ2v) is 7.23. The van der Waals surface area contributed by atoms with Gasteiger partial charge in [-0.1, -0.05) is 30.3 Å². The Morgan fingerprint density at radius 2 is 1.72 bits per heavy atom. The number of hydrogen-bond donors (Lipinski definition) is 0. The SMILES string of the molecule is C=CCCc1ccc(C2CCC(COc3ccc(OCC)c(F)c3F)OC2)cc1. The van der Waals surface area contributed by atoms with Crippen molar-refractivity contribution in [3.05, 3.63) is 71.8 Å². The molecule has 0 bridgehead atoms. The van der Waals surface area contributed by atoms with Crippen LogP contribution in [-0.2, 0) is 11.2 Å². The lowest BCUT2D eigenvalue weighted by Crippen LogP contribution is -2.29. The van der Waals surface area contributed by atoms with Gasteiger partial charge in [-0.15, -0.1) is 6.58 Å². The second kappa shape index (κ2) is 10.4. The molecule has 29 heavy (non-hydrogen) atoms. The summed E-state index contributed by atoms with van der Waals surface area (Å²) in [5, 5.41) is 0. The molecule has 2 atom stereocenters. The molecule has 0 amide bonds. The van der Waals surface area contributed by atoms with E-state index in [4.69, 9.17) is 14.2 Å². The van der Waals surface area contributed by atoms with Crippen molar-refractivity contribution in [2.24, 2.45) is 0 Å². The highest BCUT2D eigenvalue weighted by Gasteiger charge is 2.24. The number of halogens is 2. The van der Waals surface area contributed by atoms with Crippen LogP contribution in [0, 0.1) is 11.6 Å². The first kappa shape index (κ1) is 21.3. The van der Waals surface area contributed by atoms with Crippen LogP contribution >= 0.6 is 0 Å². The molecule has 1 aliphatic heterocycles. The first-order chi connectivity index (χ1) is 14.1. The maximum atomic E-state index is 14.1. The average Bonchev–Trinajstić information content (AvgIpc) is 2.76. The van der Waals surface area contributed by atoms with Crippen LogP contribution in [0.2, 0.25) is 0 Å². The standard InChI is InChI=1S/C24H28F2O3/c1-3-5-6-17-7-9-18(10-8-17)19-11-12-20(28-15-19)16-29-22-14-13-21(27-4-2)23(25)24(22)26/h3,7-10,13-14,19-20H,1,4-6,11-12,15-16H2,2H3. The Labute approximate surface area is 171 Å². The predicted molar refractivity (Wildman–Crippen MR) is 110 cm³/mol. The van der Waals surface area contributed by atoms with E-state index in [9.17, 15) is 8.78 Å². The summed E-state index contributed by atoms with van der Waals surface area (Å²) < 4.78 is 44.5. The van der Waals surface area contributed by atoms with Crippen molar-refractivity contribution in [2.45, 2.75) is 44.6 Å². The Morgan fingerprint density at radius 3 is 2.31 bits per heavy atom. The van der Waals surface area contributed by atoms with Gasteiger partial charge in [0.2, 0.25) is 11.6 Å². The van der Waals surface area contributed by atoms with Crippen LogP contribution in [0.25, 0.3) is 0 Å². The maximum Gasteiger partial charge on any atom is 0.204 e. The van der Waals surface area contributed by atoms with E-state index in [-0.39, 0.29) is 30.8 Å². The van der Waals surface area contributed by atoms with Gasteiger partial charge in [0.25, 0.3) is 0 Å². The van der Waals surface area contributed by atoms with Gasteiger partial charge in [-0.2, -0.15) is 8.78 Å². The first-order valence-electron chi connectivity index (χ1n) is 10.2. The zero-order chi connectivity index (χ0) is 20.6. The molecule has 0 radical (unpaired) electrons. The lowest BCUT2D eigenvalue weighted by molar-refractivity contribution is -0.0219. The van der Waals surface area contributed by atoms with Gasteiger partial charge in [-0.25, -0.2) is 0 Å². The highest BCUT2D eigenvalue weighted by Crippen LogP contribution is 2.31. The Hall–Kier alpha value is -2.40. The normalized spacial score (nSPS) is 19.0. The summed E-state index contributed by atoms with van der Waals surface area (Å²) in [7, 11) is 0. The zero-order valence-corrected chi connectivity index (χ0v) is 16.8. The molecular formula is C24H28F2O3. The monoisotopic (exact) mass is 402 g/mol. The van der Waals surface area contributed by atoms with Crippen LogP contribution in [0.3, 0.4) is 0 Å². The molecule has 0 aromatic heterocycles. The Morgan fingerprint density at radius 1 is 1.03 bits per heavy atom. The van der Waals surface area contributed by atoms with Crippen molar-refractivity contribution < 1.29 is 23.0 Å². The molecular weight excluding hydrogens is 374 g/mol. The quantitative estimate of drug-likeness (QED) is 0.495. The number of benzene rings is 2. The number of allylic oxidation sites excluding steroid dienone is 1. The van der Waals surface area contributed by atoms with Gasteiger partial charge >= 0.3 is 0 Å². The van der Waals surface area contributed by atoms with E-state index in [1.807, 2.05) is 6.08 Å². The van der Waals surface area contributed by atoms with Gasteiger partial charge in [0.1, 0.15) is 6.61 Å². The molecule has 0 saturated carbocycles. The largest absolute Gasteiger partial charge is 0.491 e. The van der Waals surface area contributed by atoms with E-state index in [1.54, 1.807) is 6.92 Å². The predicted octanol–water partition coefficient (Wildman–Crippen LogP) is 5.82. The third kappa shape index (κ3) is 5.57. The second-order valence-electron chi connectivity index (χ2n) is 7.23. The molecule has 1 fully saturated rings. The molecule has 156 valence electrons. The molecule has 3 rings (SSSR count). The molecule has 2 unspecified atom stereocenters. The van der Waals surface area contributed by atoms with E-state index in [0.717, 1.165) is 25.7 Å². The first-order valence-corrected chi connectivity index (χ1v) is 10.2. The molecule has 3 nitrogen and oxygen atoms in total. The number of ether oxygens (including phenoxy) is 3. The maximum absolute atomic E-state index is 14.1. The summed E-state index contributed by atoms with van der Waals surface area (Å²) in [4.78, 5) is 0. The van der Waals surface area contributed by atoms with Crippen LogP contribution in [0.5, 0.6) is 11.5 Å². The van der Waals surface area contributed by atoms with E-state index in [1.165, 1.54) is 23.3 Å². The fraction of sp³-hybridized carbons (Fsp3) is 0.417. The summed E-state index contributed by atoms with van der Waals surface area (Å²) in [5.41, 5.74) is 2.58. The summed E-state index contributed by atoms with van der Waals surface area (Å²) in [6.45, 7) is 6.53. The van der Waals surface area contributed by atoms with E-state index in [2.05, 4.69) is 30.8 Å². The highest BCUT2D eigenvalue weighted by atomic mass is 19.2. The minimum Gasteiger partial charge on any atom is -0.491 e. The average molecular weight is 402 g/mol. The molecule has 2 aromatic rings. The van der Waals surface area contributed by atoms with Crippen LogP contribution < -0.4 is 9.47 Å². The fourth-order valence-electron chi connectivity index (χ4n) is 3.50. The van der Waals surface area contributed by atoms with Crippen LogP contribution in [-0.4, -0.2) is 25.9 Å². The summed E-state index contributed by atoms with van der Waals surface area (Å²) in [5.74, 6) is -1.93. The van der Waals surface area contributed by atoms with Crippen molar-refractivity contribution in [3.8, 4) is 11.5 Å². The molecule has 1 heterocycles. The highest BCUT2D eigenvalue weighted by molar-refractivity contribution is 5.35. The molecule has 2 aromatic carbocycles. The van der Waals surface area contributed by atoms with E-state index in [0.29, 0.717) is 12.5 Å². The van der Waals surface area contributed by atoms with Crippen LogP contribution in [0.1, 0.15) is 43.2 Å². The van der Waals surface area contributed by atoms with Gasteiger partial charge in [-0.05, 0) is 55.9 Å². The number of hydrogen-bond acceptors (Lipinski definition) is 3. The van der Waals surface area contributed by atoms with Gasteiger partial charge in [0.05, 0.1) is 19.3 Å². The smallest absolute Gasteiger partial charge is 0.204 e. The minimum atomic E-state index is -1.03. The van der Waals surface area contributed by atoms with Crippen molar-refractivity contribution in [1.82, 2.24) is 0 Å². The van der Waals surface area contributed by atoms with Crippen molar-refractivity contribution in [1.29, 1.82) is 0 Å².